The maximum atomic E-state index is 13.1. The number of benzene rings is 2. The number of rotatable bonds is 7. The average Bonchev–Trinajstić information content (AvgIpc) is 2.91. The van der Waals surface area contributed by atoms with Crippen LogP contribution in [0.4, 0.5) is 0 Å². The number of hydrogen-bond donors (Lipinski definition) is 0. The van der Waals surface area contributed by atoms with Crippen molar-refractivity contribution >= 4 is 29.1 Å². The third-order valence-electron chi connectivity index (χ3n) is 4.26. The highest BCUT2D eigenvalue weighted by atomic mass is 32.2. The van der Waals surface area contributed by atoms with Crippen LogP contribution in [0.2, 0.25) is 0 Å². The zero-order valence-electron chi connectivity index (χ0n) is 14.9. The molecule has 0 saturated carbocycles. The summed E-state index contributed by atoms with van der Waals surface area (Å²) in [5.41, 5.74) is 2.22. The van der Waals surface area contributed by atoms with Gasteiger partial charge in [-0.25, -0.2) is 0 Å². The van der Waals surface area contributed by atoms with Crippen LogP contribution in [-0.4, -0.2) is 36.1 Å². The summed E-state index contributed by atoms with van der Waals surface area (Å²) in [5.74, 6) is 0.868. The van der Waals surface area contributed by atoms with Gasteiger partial charge in [-0.2, -0.15) is 0 Å². The fraction of sp³-hybridized carbons (Fsp3) is 0.238. The predicted molar refractivity (Wildman–Crippen MR) is 105 cm³/mol. The second-order valence-corrected chi connectivity index (χ2v) is 7.11. The van der Waals surface area contributed by atoms with Gasteiger partial charge >= 0.3 is 0 Å². The van der Waals surface area contributed by atoms with Crippen LogP contribution in [0.5, 0.6) is 5.75 Å². The standard InChI is InChI=1S/C21H21NO3S/c1-3-26-19-18(16-11-7-8-12-17(16)25-2)20(23)22(21(19)24)14-13-15-9-5-4-6-10-15/h4-12H,3,13-14H2,1-2H3. The first-order chi connectivity index (χ1) is 12.7. The van der Waals surface area contributed by atoms with Crippen LogP contribution in [0.25, 0.3) is 5.57 Å². The number of methoxy groups -OCH3 is 1. The van der Waals surface area contributed by atoms with Gasteiger partial charge < -0.3 is 4.74 Å². The molecular weight excluding hydrogens is 346 g/mol. The van der Waals surface area contributed by atoms with Gasteiger partial charge in [-0.1, -0.05) is 55.5 Å². The molecule has 0 bridgehead atoms. The maximum absolute atomic E-state index is 13.1. The van der Waals surface area contributed by atoms with E-state index in [9.17, 15) is 9.59 Å². The first kappa shape index (κ1) is 18.3. The van der Waals surface area contributed by atoms with Crippen LogP contribution in [0.3, 0.4) is 0 Å². The fourth-order valence-corrected chi connectivity index (χ4v) is 3.87. The van der Waals surface area contributed by atoms with E-state index in [-0.39, 0.29) is 11.8 Å². The molecule has 2 aromatic carbocycles. The number of hydrogen-bond acceptors (Lipinski definition) is 4. The summed E-state index contributed by atoms with van der Waals surface area (Å²) in [6.45, 7) is 2.34. The molecule has 2 amide bonds. The minimum atomic E-state index is -0.244. The summed E-state index contributed by atoms with van der Waals surface area (Å²) in [4.78, 5) is 27.8. The van der Waals surface area contributed by atoms with E-state index in [4.69, 9.17) is 4.74 Å². The molecule has 3 rings (SSSR count). The Balaban J connectivity index is 1.91. The van der Waals surface area contributed by atoms with Gasteiger partial charge in [0.1, 0.15) is 5.75 Å². The number of imide groups is 1. The number of carbonyl (C=O) groups excluding carboxylic acids is 2. The van der Waals surface area contributed by atoms with E-state index in [2.05, 4.69) is 0 Å². The summed E-state index contributed by atoms with van der Waals surface area (Å²) >= 11 is 1.41. The second-order valence-electron chi connectivity index (χ2n) is 5.83. The van der Waals surface area contributed by atoms with Crippen molar-refractivity contribution in [3.8, 4) is 5.75 Å². The van der Waals surface area contributed by atoms with Gasteiger partial charge in [0.05, 0.1) is 17.6 Å². The Morgan fingerprint density at radius 1 is 0.962 bits per heavy atom. The first-order valence-corrected chi connectivity index (χ1v) is 9.56. The molecule has 1 heterocycles. The molecule has 0 fully saturated rings. The van der Waals surface area contributed by atoms with E-state index in [1.807, 2.05) is 55.5 Å². The number of thioether (sulfide) groups is 1. The molecule has 0 saturated heterocycles. The molecule has 0 aromatic heterocycles. The van der Waals surface area contributed by atoms with Gasteiger partial charge in [0, 0.05) is 12.1 Å². The van der Waals surface area contributed by atoms with Gasteiger partial charge in [-0.05, 0) is 23.8 Å². The molecule has 4 nitrogen and oxygen atoms in total. The molecule has 0 aliphatic carbocycles. The first-order valence-electron chi connectivity index (χ1n) is 8.58. The quantitative estimate of drug-likeness (QED) is 0.699. The molecule has 2 aromatic rings. The van der Waals surface area contributed by atoms with Crippen LogP contribution in [0.1, 0.15) is 18.1 Å². The molecule has 134 valence electrons. The third kappa shape index (κ3) is 3.53. The fourth-order valence-electron chi connectivity index (χ4n) is 3.01. The number of para-hydroxylation sites is 1. The Morgan fingerprint density at radius 3 is 2.35 bits per heavy atom. The lowest BCUT2D eigenvalue weighted by Crippen LogP contribution is -2.33. The van der Waals surface area contributed by atoms with Crippen molar-refractivity contribution in [3.05, 3.63) is 70.6 Å². The van der Waals surface area contributed by atoms with Crippen molar-refractivity contribution in [2.75, 3.05) is 19.4 Å². The summed E-state index contributed by atoms with van der Waals surface area (Å²) in [7, 11) is 1.57. The summed E-state index contributed by atoms with van der Waals surface area (Å²) in [5, 5.41) is 0. The highest BCUT2D eigenvalue weighted by Gasteiger charge is 2.39. The van der Waals surface area contributed by atoms with Gasteiger partial charge in [0.2, 0.25) is 0 Å². The molecule has 0 atom stereocenters. The van der Waals surface area contributed by atoms with E-state index in [0.717, 1.165) is 11.3 Å². The van der Waals surface area contributed by atoms with E-state index in [1.54, 1.807) is 13.2 Å². The molecule has 0 unspecified atom stereocenters. The van der Waals surface area contributed by atoms with Crippen LogP contribution in [-0.2, 0) is 16.0 Å². The predicted octanol–water partition coefficient (Wildman–Crippen LogP) is 3.77. The van der Waals surface area contributed by atoms with Crippen molar-refractivity contribution in [1.29, 1.82) is 0 Å². The number of carbonyl (C=O) groups is 2. The zero-order valence-corrected chi connectivity index (χ0v) is 15.7. The van der Waals surface area contributed by atoms with Gasteiger partial charge in [0.15, 0.2) is 0 Å². The molecule has 0 radical (unpaired) electrons. The number of ether oxygens (including phenoxy) is 1. The lowest BCUT2D eigenvalue weighted by Gasteiger charge is -2.15. The lowest BCUT2D eigenvalue weighted by molar-refractivity contribution is -0.136. The van der Waals surface area contributed by atoms with Gasteiger partial charge in [0.25, 0.3) is 11.8 Å². The Bertz CT molecular complexity index is 845. The van der Waals surface area contributed by atoms with Gasteiger partial charge in [-0.15, -0.1) is 11.8 Å². The minimum Gasteiger partial charge on any atom is -0.496 e. The van der Waals surface area contributed by atoms with Crippen LogP contribution >= 0.6 is 11.8 Å². The number of nitrogens with zero attached hydrogens (tertiary/aromatic N) is 1. The maximum Gasteiger partial charge on any atom is 0.267 e. The normalized spacial score (nSPS) is 14.3. The highest BCUT2D eigenvalue weighted by Crippen LogP contribution is 2.39. The van der Waals surface area contributed by atoms with Crippen LogP contribution < -0.4 is 4.74 Å². The molecule has 0 N–H and O–H groups in total. The largest absolute Gasteiger partial charge is 0.496 e. The van der Waals surface area contributed by atoms with Crippen molar-refractivity contribution in [1.82, 2.24) is 4.90 Å². The SMILES string of the molecule is CCSC1=C(c2ccccc2OC)C(=O)N(CCc2ccccc2)C1=O. The Labute approximate surface area is 157 Å². The monoisotopic (exact) mass is 367 g/mol. The zero-order chi connectivity index (χ0) is 18.5. The van der Waals surface area contributed by atoms with Crippen molar-refractivity contribution in [2.24, 2.45) is 0 Å². The summed E-state index contributed by atoms with van der Waals surface area (Å²) in [6, 6.07) is 17.2. The van der Waals surface area contributed by atoms with Gasteiger partial charge in [-0.3, -0.25) is 14.5 Å². The molecule has 26 heavy (non-hydrogen) atoms. The van der Waals surface area contributed by atoms with Crippen LogP contribution in [0, 0.1) is 0 Å². The molecular formula is C21H21NO3S. The highest BCUT2D eigenvalue weighted by molar-refractivity contribution is 8.04. The van der Waals surface area contributed by atoms with Crippen molar-refractivity contribution < 1.29 is 14.3 Å². The second kappa shape index (κ2) is 8.23. The lowest BCUT2D eigenvalue weighted by atomic mass is 10.0. The average molecular weight is 367 g/mol. The summed E-state index contributed by atoms with van der Waals surface area (Å²) < 4.78 is 5.41. The van der Waals surface area contributed by atoms with Crippen molar-refractivity contribution in [3.63, 3.8) is 0 Å². The van der Waals surface area contributed by atoms with E-state index >= 15 is 0 Å². The smallest absolute Gasteiger partial charge is 0.267 e. The number of amides is 2. The Hall–Kier alpha value is -2.53. The van der Waals surface area contributed by atoms with Crippen molar-refractivity contribution in [2.45, 2.75) is 13.3 Å². The van der Waals surface area contributed by atoms with E-state index in [1.165, 1.54) is 16.7 Å². The molecule has 1 aliphatic rings. The summed E-state index contributed by atoms with van der Waals surface area (Å²) in [6.07, 6.45) is 0.640. The third-order valence-corrected chi connectivity index (χ3v) is 5.21. The molecule has 5 heteroatoms. The Kier molecular flexibility index (Phi) is 5.78. The minimum absolute atomic E-state index is 0.210. The molecule has 0 spiro atoms. The topological polar surface area (TPSA) is 46.6 Å². The van der Waals surface area contributed by atoms with Crippen LogP contribution in [0.15, 0.2) is 59.5 Å². The van der Waals surface area contributed by atoms with E-state index < -0.39 is 0 Å². The van der Waals surface area contributed by atoms with E-state index in [0.29, 0.717) is 34.8 Å². The Morgan fingerprint density at radius 2 is 1.65 bits per heavy atom. The molecule has 1 aliphatic heterocycles.